The largest absolute Gasteiger partial charge is 0.375 e. The van der Waals surface area contributed by atoms with Crippen molar-refractivity contribution in [2.75, 3.05) is 24.7 Å². The van der Waals surface area contributed by atoms with Crippen LogP contribution in [0, 0.1) is 10.1 Å². The fraction of sp³-hybridized carbons (Fsp3) is 0.222. The molecule has 0 spiro atoms. The molecule has 2 rings (SSSR count). The highest BCUT2D eigenvalue weighted by Gasteiger charge is 2.18. The minimum atomic E-state index is -0.398. The molecule has 0 bridgehead atoms. The van der Waals surface area contributed by atoms with Crippen LogP contribution in [0.4, 0.5) is 16.5 Å². The van der Waals surface area contributed by atoms with E-state index in [1.54, 1.807) is 25.1 Å². The van der Waals surface area contributed by atoms with Gasteiger partial charge in [0, 0.05) is 20.2 Å². The quantitative estimate of drug-likeness (QED) is 0.637. The third kappa shape index (κ3) is 1.65. The van der Waals surface area contributed by atoms with Crippen molar-refractivity contribution in [1.82, 2.24) is 4.98 Å². The first kappa shape index (κ1) is 10.6. The molecule has 1 aromatic heterocycles. The summed E-state index contributed by atoms with van der Waals surface area (Å²) in [6.45, 7) is 0. The Balaban J connectivity index is 2.75. The normalized spacial score (nSPS) is 10.6. The third-order valence-electron chi connectivity index (χ3n) is 2.18. The average molecular weight is 238 g/mol. The lowest BCUT2D eigenvalue weighted by molar-refractivity contribution is -0.384. The SMILES string of the molecule is CN(C)c1cc2nc(N)sc2cc1[N+](=O)[O-]. The van der Waals surface area contributed by atoms with Crippen LogP contribution in [-0.2, 0) is 0 Å². The molecule has 0 unspecified atom stereocenters. The van der Waals surface area contributed by atoms with E-state index in [4.69, 9.17) is 5.73 Å². The van der Waals surface area contributed by atoms with E-state index in [1.165, 1.54) is 17.4 Å². The highest BCUT2D eigenvalue weighted by Crippen LogP contribution is 2.34. The van der Waals surface area contributed by atoms with E-state index >= 15 is 0 Å². The summed E-state index contributed by atoms with van der Waals surface area (Å²) in [4.78, 5) is 16.3. The predicted molar refractivity (Wildman–Crippen MR) is 65.0 cm³/mol. The first-order chi connectivity index (χ1) is 7.49. The Morgan fingerprint density at radius 2 is 2.19 bits per heavy atom. The van der Waals surface area contributed by atoms with Crippen molar-refractivity contribution >= 4 is 38.1 Å². The number of nitro groups is 1. The molecule has 0 fully saturated rings. The molecule has 16 heavy (non-hydrogen) atoms. The Kier molecular flexibility index (Phi) is 2.39. The summed E-state index contributed by atoms with van der Waals surface area (Å²) in [7, 11) is 3.51. The van der Waals surface area contributed by atoms with Crippen LogP contribution in [0.25, 0.3) is 10.2 Å². The number of fused-ring (bicyclic) bond motifs is 1. The van der Waals surface area contributed by atoms with E-state index in [-0.39, 0.29) is 5.69 Å². The van der Waals surface area contributed by atoms with Crippen LogP contribution in [0.5, 0.6) is 0 Å². The van der Waals surface area contributed by atoms with Gasteiger partial charge in [0.05, 0.1) is 15.1 Å². The third-order valence-corrected chi connectivity index (χ3v) is 3.03. The van der Waals surface area contributed by atoms with Gasteiger partial charge in [-0.2, -0.15) is 0 Å². The van der Waals surface area contributed by atoms with Gasteiger partial charge in [-0.25, -0.2) is 4.98 Å². The van der Waals surface area contributed by atoms with Crippen LogP contribution >= 0.6 is 11.3 Å². The van der Waals surface area contributed by atoms with Gasteiger partial charge in [0.25, 0.3) is 5.69 Å². The molecular weight excluding hydrogens is 228 g/mol. The Labute approximate surface area is 95.5 Å². The first-order valence-electron chi connectivity index (χ1n) is 4.51. The summed E-state index contributed by atoms with van der Waals surface area (Å²) < 4.78 is 0.731. The van der Waals surface area contributed by atoms with Crippen LogP contribution in [0.3, 0.4) is 0 Å². The number of hydrogen-bond donors (Lipinski definition) is 1. The van der Waals surface area contributed by atoms with Gasteiger partial charge < -0.3 is 10.6 Å². The highest BCUT2D eigenvalue weighted by atomic mass is 32.1. The number of thiazole rings is 1. The number of anilines is 2. The van der Waals surface area contributed by atoms with Crippen molar-refractivity contribution in [3.8, 4) is 0 Å². The van der Waals surface area contributed by atoms with Crippen LogP contribution < -0.4 is 10.6 Å². The zero-order valence-electron chi connectivity index (χ0n) is 8.80. The molecule has 84 valence electrons. The fourth-order valence-electron chi connectivity index (χ4n) is 1.47. The molecule has 7 heteroatoms. The number of hydrogen-bond acceptors (Lipinski definition) is 6. The monoisotopic (exact) mass is 238 g/mol. The molecule has 0 saturated carbocycles. The molecule has 0 atom stereocenters. The lowest BCUT2D eigenvalue weighted by Crippen LogP contribution is -2.10. The minimum absolute atomic E-state index is 0.0705. The van der Waals surface area contributed by atoms with Crippen molar-refractivity contribution in [2.24, 2.45) is 0 Å². The van der Waals surface area contributed by atoms with Crippen LogP contribution in [0.2, 0.25) is 0 Å². The molecule has 0 saturated heterocycles. The number of aromatic nitrogens is 1. The molecule has 0 aliphatic carbocycles. The topological polar surface area (TPSA) is 85.3 Å². The molecule has 1 heterocycles. The zero-order chi connectivity index (χ0) is 11.9. The number of nitro benzene ring substituents is 1. The van der Waals surface area contributed by atoms with Crippen molar-refractivity contribution < 1.29 is 4.92 Å². The van der Waals surface area contributed by atoms with Crippen LogP contribution in [0.15, 0.2) is 12.1 Å². The van der Waals surface area contributed by atoms with E-state index < -0.39 is 4.92 Å². The maximum Gasteiger partial charge on any atom is 0.294 e. The van der Waals surface area contributed by atoms with Gasteiger partial charge in [0.1, 0.15) is 5.69 Å². The first-order valence-corrected chi connectivity index (χ1v) is 5.32. The summed E-state index contributed by atoms with van der Waals surface area (Å²) in [5.74, 6) is 0. The van der Waals surface area contributed by atoms with E-state index in [9.17, 15) is 10.1 Å². The molecule has 0 aliphatic heterocycles. The second kappa shape index (κ2) is 3.60. The smallest absolute Gasteiger partial charge is 0.294 e. The number of benzene rings is 1. The predicted octanol–water partition coefficient (Wildman–Crippen LogP) is 1.85. The van der Waals surface area contributed by atoms with Gasteiger partial charge in [-0.1, -0.05) is 11.3 Å². The van der Waals surface area contributed by atoms with Gasteiger partial charge in [-0.05, 0) is 6.07 Å². The lowest BCUT2D eigenvalue weighted by Gasteiger charge is -2.12. The van der Waals surface area contributed by atoms with Crippen LogP contribution in [-0.4, -0.2) is 24.0 Å². The van der Waals surface area contributed by atoms with E-state index in [1.807, 2.05) is 0 Å². The van der Waals surface area contributed by atoms with Gasteiger partial charge in [-0.3, -0.25) is 10.1 Å². The molecular formula is C9H10N4O2S. The number of nitrogen functional groups attached to an aromatic ring is 1. The van der Waals surface area contributed by atoms with E-state index in [0.717, 1.165) is 4.70 Å². The molecule has 0 aliphatic rings. The summed E-state index contributed by atoms with van der Waals surface area (Å²) in [6.07, 6.45) is 0. The van der Waals surface area contributed by atoms with Crippen molar-refractivity contribution in [3.63, 3.8) is 0 Å². The van der Waals surface area contributed by atoms with E-state index in [2.05, 4.69) is 4.98 Å². The Morgan fingerprint density at radius 3 is 2.75 bits per heavy atom. The molecule has 2 aromatic rings. The second-order valence-corrected chi connectivity index (χ2v) is 4.57. The van der Waals surface area contributed by atoms with Crippen LogP contribution in [0.1, 0.15) is 0 Å². The van der Waals surface area contributed by atoms with Gasteiger partial charge in [0.2, 0.25) is 0 Å². The minimum Gasteiger partial charge on any atom is -0.375 e. The van der Waals surface area contributed by atoms with Crippen molar-refractivity contribution in [3.05, 3.63) is 22.2 Å². The molecule has 6 nitrogen and oxygen atoms in total. The molecule has 0 amide bonds. The van der Waals surface area contributed by atoms with Crippen molar-refractivity contribution in [2.45, 2.75) is 0 Å². The highest BCUT2D eigenvalue weighted by molar-refractivity contribution is 7.22. The standard InChI is InChI=1S/C9H10N4O2S/c1-12(2)6-3-5-8(16-9(10)11-5)4-7(6)13(14)15/h3-4H,1-2H3,(H2,10,11). The van der Waals surface area contributed by atoms with Gasteiger partial charge in [-0.15, -0.1) is 0 Å². The average Bonchev–Trinajstić information content (AvgIpc) is 2.54. The Morgan fingerprint density at radius 1 is 1.50 bits per heavy atom. The number of nitrogens with two attached hydrogens (primary N) is 1. The van der Waals surface area contributed by atoms with Crippen molar-refractivity contribution in [1.29, 1.82) is 0 Å². The van der Waals surface area contributed by atoms with Gasteiger partial charge >= 0.3 is 0 Å². The maximum absolute atomic E-state index is 10.9. The number of rotatable bonds is 2. The molecule has 1 aromatic carbocycles. The summed E-state index contributed by atoms with van der Waals surface area (Å²) in [6, 6.07) is 3.19. The lowest BCUT2D eigenvalue weighted by atomic mass is 10.2. The zero-order valence-corrected chi connectivity index (χ0v) is 9.61. The fourth-order valence-corrected chi connectivity index (χ4v) is 2.22. The summed E-state index contributed by atoms with van der Waals surface area (Å²) in [5, 5.41) is 11.3. The Bertz CT molecular complexity index is 564. The van der Waals surface area contributed by atoms with E-state index in [0.29, 0.717) is 16.3 Å². The second-order valence-electron chi connectivity index (χ2n) is 3.51. The Hall–Kier alpha value is -1.89. The summed E-state index contributed by atoms with van der Waals surface area (Å²) >= 11 is 1.25. The molecule has 2 N–H and O–H groups in total. The molecule has 0 radical (unpaired) electrons. The number of nitrogens with zero attached hydrogens (tertiary/aromatic N) is 3. The maximum atomic E-state index is 10.9. The summed E-state index contributed by atoms with van der Waals surface area (Å²) in [5.41, 5.74) is 6.86. The van der Waals surface area contributed by atoms with Gasteiger partial charge in [0.15, 0.2) is 5.13 Å².